The molecule has 1 saturated carbocycles. The molecule has 3 rings (SSSR count). The van der Waals surface area contributed by atoms with Gasteiger partial charge in [0.2, 0.25) is 0 Å². The summed E-state index contributed by atoms with van der Waals surface area (Å²) >= 11 is 1.44. The van der Waals surface area contributed by atoms with E-state index in [-0.39, 0.29) is 5.16 Å². The highest BCUT2D eigenvalue weighted by atomic mass is 32.2. The van der Waals surface area contributed by atoms with Gasteiger partial charge in [0, 0.05) is 10.8 Å². The standard InChI is InChI=1S/C21H23FS/c22-21(23-19-15-9-1-2-10-16-19)20(17-11-5-3-6-12-17)18-13-7-4-8-14-18/h3-8,11-14,19H,1-2,9-10,15-16H2. The molecule has 23 heavy (non-hydrogen) atoms. The van der Waals surface area contributed by atoms with Crippen molar-refractivity contribution in [2.45, 2.75) is 43.8 Å². The first-order valence-electron chi connectivity index (χ1n) is 8.52. The van der Waals surface area contributed by atoms with Crippen molar-refractivity contribution >= 4 is 17.3 Å². The first-order valence-corrected chi connectivity index (χ1v) is 9.40. The monoisotopic (exact) mass is 326 g/mol. The van der Waals surface area contributed by atoms with Crippen LogP contribution in [0.25, 0.3) is 5.57 Å². The lowest BCUT2D eigenvalue weighted by Gasteiger charge is -2.15. The summed E-state index contributed by atoms with van der Waals surface area (Å²) < 4.78 is 15.2. The van der Waals surface area contributed by atoms with E-state index in [0.717, 1.165) is 29.5 Å². The van der Waals surface area contributed by atoms with Crippen molar-refractivity contribution in [2.75, 3.05) is 0 Å². The molecule has 0 spiro atoms. The van der Waals surface area contributed by atoms with Gasteiger partial charge in [0.15, 0.2) is 5.16 Å². The Morgan fingerprint density at radius 2 is 1.22 bits per heavy atom. The maximum atomic E-state index is 15.2. The van der Waals surface area contributed by atoms with Gasteiger partial charge in [0.1, 0.15) is 0 Å². The number of hydrogen-bond donors (Lipinski definition) is 0. The van der Waals surface area contributed by atoms with Crippen molar-refractivity contribution in [2.24, 2.45) is 0 Å². The first-order chi connectivity index (χ1) is 11.3. The van der Waals surface area contributed by atoms with Crippen LogP contribution in [0.15, 0.2) is 65.8 Å². The zero-order valence-corrected chi connectivity index (χ0v) is 14.2. The van der Waals surface area contributed by atoms with Crippen LogP contribution in [0, 0.1) is 0 Å². The Morgan fingerprint density at radius 1 is 0.739 bits per heavy atom. The summed E-state index contributed by atoms with van der Waals surface area (Å²) in [6.07, 6.45) is 7.33. The van der Waals surface area contributed by atoms with Crippen molar-refractivity contribution in [3.8, 4) is 0 Å². The Labute approximate surface area is 142 Å². The van der Waals surface area contributed by atoms with E-state index in [0.29, 0.717) is 5.25 Å². The van der Waals surface area contributed by atoms with Crippen LogP contribution in [0.3, 0.4) is 0 Å². The lowest BCUT2D eigenvalue weighted by Crippen LogP contribution is -2.01. The predicted molar refractivity (Wildman–Crippen MR) is 99.1 cm³/mol. The van der Waals surface area contributed by atoms with Crippen LogP contribution < -0.4 is 0 Å². The zero-order chi connectivity index (χ0) is 15.9. The lowest BCUT2D eigenvalue weighted by molar-refractivity contribution is 0.684. The fourth-order valence-electron chi connectivity index (χ4n) is 3.17. The number of thioether (sulfide) groups is 1. The summed E-state index contributed by atoms with van der Waals surface area (Å²) in [4.78, 5) is 0. The van der Waals surface area contributed by atoms with Crippen molar-refractivity contribution in [1.82, 2.24) is 0 Å². The second-order valence-corrected chi connectivity index (χ2v) is 7.37. The number of hydrogen-bond acceptors (Lipinski definition) is 1. The van der Waals surface area contributed by atoms with Gasteiger partial charge in [-0.3, -0.25) is 0 Å². The summed E-state index contributed by atoms with van der Waals surface area (Å²) in [7, 11) is 0. The fraction of sp³-hybridized carbons (Fsp3) is 0.333. The van der Waals surface area contributed by atoms with Crippen LogP contribution in [0.1, 0.15) is 49.7 Å². The Kier molecular flexibility index (Phi) is 5.93. The topological polar surface area (TPSA) is 0 Å². The van der Waals surface area contributed by atoms with E-state index in [4.69, 9.17) is 0 Å². The highest BCUT2D eigenvalue weighted by molar-refractivity contribution is 8.03. The SMILES string of the molecule is FC(SC1CCCCCC1)=C(c1ccccc1)c1ccccc1. The maximum absolute atomic E-state index is 15.2. The van der Waals surface area contributed by atoms with Crippen LogP contribution >= 0.6 is 11.8 Å². The zero-order valence-electron chi connectivity index (χ0n) is 13.4. The van der Waals surface area contributed by atoms with Crippen LogP contribution in [0.5, 0.6) is 0 Å². The van der Waals surface area contributed by atoms with Gasteiger partial charge >= 0.3 is 0 Å². The maximum Gasteiger partial charge on any atom is 0.165 e. The minimum Gasteiger partial charge on any atom is -0.199 e. The smallest absolute Gasteiger partial charge is 0.165 e. The van der Waals surface area contributed by atoms with E-state index < -0.39 is 0 Å². The van der Waals surface area contributed by atoms with Crippen LogP contribution in [-0.4, -0.2) is 5.25 Å². The van der Waals surface area contributed by atoms with E-state index in [1.807, 2.05) is 60.7 Å². The van der Waals surface area contributed by atoms with E-state index in [2.05, 4.69) is 0 Å². The molecule has 0 heterocycles. The van der Waals surface area contributed by atoms with Gasteiger partial charge in [-0.25, -0.2) is 0 Å². The Morgan fingerprint density at radius 3 is 1.70 bits per heavy atom. The molecule has 0 atom stereocenters. The van der Waals surface area contributed by atoms with Gasteiger partial charge in [-0.1, -0.05) is 98.1 Å². The molecule has 0 unspecified atom stereocenters. The Balaban J connectivity index is 1.93. The molecule has 0 nitrogen and oxygen atoms in total. The molecule has 0 N–H and O–H groups in total. The molecule has 0 aromatic heterocycles. The summed E-state index contributed by atoms with van der Waals surface area (Å²) in [6, 6.07) is 19.8. The molecular weight excluding hydrogens is 303 g/mol. The average molecular weight is 326 g/mol. The summed E-state index contributed by atoms with van der Waals surface area (Å²) in [5.41, 5.74) is 2.65. The summed E-state index contributed by atoms with van der Waals surface area (Å²) in [5, 5.41) is 0.384. The van der Waals surface area contributed by atoms with Crippen molar-refractivity contribution in [1.29, 1.82) is 0 Å². The van der Waals surface area contributed by atoms with Crippen LogP contribution in [0.2, 0.25) is 0 Å². The van der Waals surface area contributed by atoms with Gasteiger partial charge in [-0.05, 0) is 24.0 Å². The summed E-state index contributed by atoms with van der Waals surface area (Å²) in [5.74, 6) is 0. The molecule has 1 aliphatic rings. The first kappa shape index (κ1) is 16.3. The van der Waals surface area contributed by atoms with Crippen molar-refractivity contribution in [3.63, 3.8) is 0 Å². The third kappa shape index (κ3) is 4.48. The molecule has 0 bridgehead atoms. The van der Waals surface area contributed by atoms with Gasteiger partial charge in [0.05, 0.1) is 0 Å². The van der Waals surface area contributed by atoms with E-state index in [1.165, 1.54) is 37.4 Å². The van der Waals surface area contributed by atoms with Crippen LogP contribution in [0.4, 0.5) is 4.39 Å². The molecule has 2 heteroatoms. The van der Waals surface area contributed by atoms with E-state index in [9.17, 15) is 0 Å². The Hall–Kier alpha value is -1.54. The van der Waals surface area contributed by atoms with Crippen molar-refractivity contribution in [3.05, 3.63) is 76.9 Å². The summed E-state index contributed by atoms with van der Waals surface area (Å²) in [6.45, 7) is 0. The molecule has 1 fully saturated rings. The quantitative estimate of drug-likeness (QED) is 0.555. The molecule has 2 aromatic rings. The highest BCUT2D eigenvalue weighted by Gasteiger charge is 2.19. The third-order valence-corrected chi connectivity index (χ3v) is 5.61. The molecule has 1 aliphatic carbocycles. The molecule has 0 amide bonds. The van der Waals surface area contributed by atoms with Crippen LogP contribution in [-0.2, 0) is 0 Å². The minimum atomic E-state index is -0.0331. The highest BCUT2D eigenvalue weighted by Crippen LogP contribution is 2.39. The second kappa shape index (κ2) is 8.35. The van der Waals surface area contributed by atoms with Gasteiger partial charge in [-0.2, -0.15) is 4.39 Å². The third-order valence-electron chi connectivity index (χ3n) is 4.39. The predicted octanol–water partition coefficient (Wildman–Crippen LogP) is 6.83. The number of halogens is 1. The van der Waals surface area contributed by atoms with Crippen molar-refractivity contribution < 1.29 is 4.39 Å². The molecule has 120 valence electrons. The molecule has 0 radical (unpaired) electrons. The van der Waals surface area contributed by atoms with E-state index in [1.54, 1.807) is 0 Å². The van der Waals surface area contributed by atoms with E-state index >= 15 is 4.39 Å². The molecule has 2 aromatic carbocycles. The largest absolute Gasteiger partial charge is 0.199 e. The fourth-order valence-corrected chi connectivity index (χ4v) is 4.38. The molecule has 0 aliphatic heterocycles. The van der Waals surface area contributed by atoms with Gasteiger partial charge in [-0.15, -0.1) is 0 Å². The normalized spacial score (nSPS) is 15.9. The average Bonchev–Trinajstić information content (AvgIpc) is 2.86. The second-order valence-electron chi connectivity index (χ2n) is 6.11. The number of benzene rings is 2. The van der Waals surface area contributed by atoms with Gasteiger partial charge in [0.25, 0.3) is 0 Å². The number of rotatable bonds is 4. The Bertz CT molecular complexity index is 584. The van der Waals surface area contributed by atoms with Gasteiger partial charge < -0.3 is 0 Å². The lowest BCUT2D eigenvalue weighted by atomic mass is 9.99. The molecule has 0 saturated heterocycles. The minimum absolute atomic E-state index is 0.0331. The molecular formula is C21H23FS.